The summed E-state index contributed by atoms with van der Waals surface area (Å²) in [5.74, 6) is -0.981. The van der Waals surface area contributed by atoms with Crippen LogP contribution < -0.4 is 5.73 Å². The second kappa shape index (κ2) is 4.75. The third kappa shape index (κ3) is 2.69. The van der Waals surface area contributed by atoms with E-state index >= 15 is 0 Å². The van der Waals surface area contributed by atoms with Gasteiger partial charge in [-0.1, -0.05) is 27.2 Å². The Hall–Kier alpha value is -0.610. The molecule has 0 aliphatic carbocycles. The first-order valence-corrected chi connectivity index (χ1v) is 4.96. The van der Waals surface area contributed by atoms with Crippen LogP contribution in [0.15, 0.2) is 0 Å². The average molecular weight is 203 g/mol. The fourth-order valence-electron chi connectivity index (χ4n) is 1.70. The van der Waals surface area contributed by atoms with Gasteiger partial charge in [0.1, 0.15) is 0 Å². The third-order valence-electron chi connectivity index (χ3n) is 2.87. The Morgan fingerprint density at radius 3 is 2.14 bits per heavy atom. The number of hydrogen-bond donors (Lipinski definition) is 3. The molecule has 0 amide bonds. The molecule has 0 aliphatic heterocycles. The quantitative estimate of drug-likeness (QED) is 0.618. The number of carboxylic acids is 1. The van der Waals surface area contributed by atoms with E-state index in [1.54, 1.807) is 0 Å². The molecular weight excluding hydrogens is 182 g/mol. The van der Waals surface area contributed by atoms with Crippen molar-refractivity contribution in [3.05, 3.63) is 0 Å². The predicted molar refractivity (Wildman–Crippen MR) is 54.9 cm³/mol. The maximum atomic E-state index is 10.8. The third-order valence-corrected chi connectivity index (χ3v) is 2.87. The molecule has 0 aliphatic rings. The highest BCUT2D eigenvalue weighted by Crippen LogP contribution is 2.25. The van der Waals surface area contributed by atoms with Gasteiger partial charge in [0.2, 0.25) is 0 Å². The van der Waals surface area contributed by atoms with Crippen molar-refractivity contribution in [2.75, 3.05) is 0 Å². The Balaban J connectivity index is 4.73. The largest absolute Gasteiger partial charge is 0.479 e. The van der Waals surface area contributed by atoms with Crippen molar-refractivity contribution in [3.63, 3.8) is 0 Å². The molecule has 4 nitrogen and oxygen atoms in total. The first-order chi connectivity index (χ1) is 6.25. The van der Waals surface area contributed by atoms with Crippen LogP contribution in [-0.2, 0) is 4.79 Å². The van der Waals surface area contributed by atoms with E-state index in [9.17, 15) is 9.90 Å². The molecule has 0 aromatic heterocycles. The number of carbonyl (C=O) groups is 1. The molecule has 0 rings (SSSR count). The highest BCUT2D eigenvalue weighted by Gasteiger charge is 2.41. The van der Waals surface area contributed by atoms with Gasteiger partial charge in [-0.2, -0.15) is 0 Å². The number of aliphatic hydroxyl groups is 1. The van der Waals surface area contributed by atoms with Crippen LogP contribution in [0, 0.1) is 11.8 Å². The smallest absolute Gasteiger partial charge is 0.337 e. The minimum absolute atomic E-state index is 0.0149. The second-order valence-electron chi connectivity index (χ2n) is 4.29. The molecule has 0 saturated heterocycles. The molecule has 0 bridgehead atoms. The summed E-state index contributed by atoms with van der Waals surface area (Å²) in [6.07, 6.45) is 0.766. The average Bonchev–Trinajstić information content (AvgIpc) is 2.04. The molecule has 84 valence electrons. The van der Waals surface area contributed by atoms with Gasteiger partial charge < -0.3 is 15.9 Å². The highest BCUT2D eigenvalue weighted by molar-refractivity contribution is 5.77. The number of rotatable bonds is 5. The summed E-state index contributed by atoms with van der Waals surface area (Å²) in [5, 5.41) is 18.5. The van der Waals surface area contributed by atoms with E-state index in [-0.39, 0.29) is 11.8 Å². The van der Waals surface area contributed by atoms with Crippen LogP contribution in [0.2, 0.25) is 0 Å². The molecule has 0 heterocycles. The molecule has 4 N–H and O–H groups in total. The van der Waals surface area contributed by atoms with Gasteiger partial charge in [0.15, 0.2) is 5.60 Å². The van der Waals surface area contributed by atoms with Gasteiger partial charge in [0.25, 0.3) is 0 Å². The Morgan fingerprint density at radius 2 is 1.93 bits per heavy atom. The fraction of sp³-hybridized carbons (Fsp3) is 0.900. The van der Waals surface area contributed by atoms with Crippen molar-refractivity contribution < 1.29 is 15.0 Å². The lowest BCUT2D eigenvalue weighted by atomic mass is 9.78. The lowest BCUT2D eigenvalue weighted by Crippen LogP contribution is -2.56. The summed E-state index contributed by atoms with van der Waals surface area (Å²) >= 11 is 0. The fourth-order valence-corrected chi connectivity index (χ4v) is 1.70. The second-order valence-corrected chi connectivity index (χ2v) is 4.29. The summed E-state index contributed by atoms with van der Waals surface area (Å²) in [6, 6.07) is -0.731. The van der Waals surface area contributed by atoms with E-state index in [4.69, 9.17) is 10.8 Å². The summed E-state index contributed by atoms with van der Waals surface area (Å²) in [7, 11) is 0. The standard InChI is InChI=1S/C10H21NO3/c1-5-7(6(2)3)8(11)10(4,14)9(12)13/h6-8,14H,5,11H2,1-4H3,(H,12,13)/t7?,8-,10?/m0/s1. The number of aliphatic carboxylic acids is 1. The summed E-state index contributed by atoms with van der Waals surface area (Å²) in [5.41, 5.74) is 3.93. The van der Waals surface area contributed by atoms with Crippen molar-refractivity contribution >= 4 is 5.97 Å². The molecule has 0 aromatic rings. The Kier molecular flexibility index (Phi) is 4.55. The molecule has 0 saturated carbocycles. The van der Waals surface area contributed by atoms with Gasteiger partial charge in [0, 0.05) is 6.04 Å². The zero-order valence-electron chi connectivity index (χ0n) is 9.32. The maximum absolute atomic E-state index is 10.8. The van der Waals surface area contributed by atoms with Crippen molar-refractivity contribution in [3.8, 4) is 0 Å². The van der Waals surface area contributed by atoms with Crippen molar-refractivity contribution in [2.45, 2.75) is 45.8 Å². The Bertz CT molecular complexity index is 202. The first kappa shape index (κ1) is 13.4. The molecular formula is C10H21NO3. The van der Waals surface area contributed by atoms with E-state index in [0.29, 0.717) is 0 Å². The topological polar surface area (TPSA) is 83.5 Å². The van der Waals surface area contributed by atoms with Crippen LogP contribution in [0.4, 0.5) is 0 Å². The van der Waals surface area contributed by atoms with Gasteiger partial charge in [-0.05, 0) is 18.8 Å². The maximum Gasteiger partial charge on any atom is 0.337 e. The summed E-state index contributed by atoms with van der Waals surface area (Å²) < 4.78 is 0. The van der Waals surface area contributed by atoms with E-state index in [1.807, 2.05) is 20.8 Å². The van der Waals surface area contributed by atoms with E-state index in [1.165, 1.54) is 6.92 Å². The number of nitrogens with two attached hydrogens (primary N) is 1. The SMILES string of the molecule is CCC(C(C)C)[C@H](N)C(C)(O)C(=O)O. The zero-order chi connectivity index (χ0) is 11.5. The van der Waals surface area contributed by atoms with Gasteiger partial charge in [0.05, 0.1) is 0 Å². The van der Waals surface area contributed by atoms with Crippen molar-refractivity contribution in [1.82, 2.24) is 0 Å². The first-order valence-electron chi connectivity index (χ1n) is 4.96. The molecule has 3 atom stereocenters. The lowest BCUT2D eigenvalue weighted by molar-refractivity contribution is -0.160. The lowest BCUT2D eigenvalue weighted by Gasteiger charge is -2.34. The minimum atomic E-state index is -1.84. The van der Waals surface area contributed by atoms with Gasteiger partial charge in [-0.15, -0.1) is 0 Å². The molecule has 4 heteroatoms. The molecule has 0 radical (unpaired) electrons. The Morgan fingerprint density at radius 1 is 1.50 bits per heavy atom. The van der Waals surface area contributed by atoms with E-state index < -0.39 is 17.6 Å². The number of hydrogen-bond acceptors (Lipinski definition) is 3. The van der Waals surface area contributed by atoms with E-state index in [0.717, 1.165) is 6.42 Å². The normalized spacial score (nSPS) is 20.2. The van der Waals surface area contributed by atoms with Crippen molar-refractivity contribution in [1.29, 1.82) is 0 Å². The molecule has 2 unspecified atom stereocenters. The van der Waals surface area contributed by atoms with Crippen LogP contribution in [0.1, 0.15) is 34.1 Å². The van der Waals surface area contributed by atoms with Crippen LogP contribution in [0.5, 0.6) is 0 Å². The van der Waals surface area contributed by atoms with E-state index in [2.05, 4.69) is 0 Å². The van der Waals surface area contributed by atoms with Crippen LogP contribution in [0.3, 0.4) is 0 Å². The summed E-state index contributed by atoms with van der Waals surface area (Å²) in [6.45, 7) is 7.16. The monoisotopic (exact) mass is 203 g/mol. The zero-order valence-corrected chi connectivity index (χ0v) is 9.32. The molecule has 14 heavy (non-hydrogen) atoms. The molecule has 0 spiro atoms. The molecule has 0 aromatic carbocycles. The predicted octanol–water partition coefficient (Wildman–Crippen LogP) is 0.832. The van der Waals surface area contributed by atoms with Crippen LogP contribution in [-0.4, -0.2) is 27.8 Å². The summed E-state index contributed by atoms with van der Waals surface area (Å²) in [4.78, 5) is 10.8. The van der Waals surface area contributed by atoms with Gasteiger partial charge >= 0.3 is 5.97 Å². The molecule has 0 fully saturated rings. The Labute approximate surface area is 85.1 Å². The highest BCUT2D eigenvalue weighted by atomic mass is 16.4. The van der Waals surface area contributed by atoms with Crippen molar-refractivity contribution in [2.24, 2.45) is 17.6 Å². The van der Waals surface area contributed by atoms with Crippen LogP contribution in [0.25, 0.3) is 0 Å². The van der Waals surface area contributed by atoms with Gasteiger partial charge in [-0.3, -0.25) is 0 Å². The van der Waals surface area contributed by atoms with Crippen LogP contribution >= 0.6 is 0 Å². The number of carboxylic acid groups (broad SMARTS) is 1. The van der Waals surface area contributed by atoms with Gasteiger partial charge in [-0.25, -0.2) is 4.79 Å². The minimum Gasteiger partial charge on any atom is -0.479 e.